The molecule has 0 spiro atoms. The normalized spacial score (nSPS) is 12.3. The summed E-state index contributed by atoms with van der Waals surface area (Å²) in [6.45, 7) is 0. The molecule has 356 valence electrons. The van der Waals surface area contributed by atoms with Gasteiger partial charge in [-0.15, -0.1) is 0 Å². The van der Waals surface area contributed by atoms with Gasteiger partial charge in [0, 0.05) is 22.3 Å². The fourth-order valence-corrected chi connectivity index (χ4v) is 12.4. The quantitative estimate of drug-likeness (QED) is 0.123. The number of rotatable bonds is 10. The van der Waals surface area contributed by atoms with Crippen LogP contribution in [0, 0.1) is 0 Å². The third-order valence-electron chi connectivity index (χ3n) is 15.8. The lowest BCUT2D eigenvalue weighted by Crippen LogP contribution is -2.28. The van der Waals surface area contributed by atoms with E-state index in [2.05, 4.69) is 314 Å². The number of hydrogen-bond acceptors (Lipinski definition) is 1. The Bertz CT molecular complexity index is 4200. The van der Waals surface area contributed by atoms with Crippen LogP contribution in [0.15, 0.2) is 309 Å². The zero-order valence-corrected chi connectivity index (χ0v) is 41.9. The highest BCUT2D eigenvalue weighted by atomic mass is 15.1. The number of hydrogen-bond donors (Lipinski definition) is 0. The molecular weight excluding hydrogens is 915 g/mol. The van der Waals surface area contributed by atoms with Crippen molar-refractivity contribution in [3.05, 3.63) is 332 Å². The van der Waals surface area contributed by atoms with Crippen molar-refractivity contribution in [1.29, 1.82) is 0 Å². The lowest BCUT2D eigenvalue weighted by molar-refractivity contribution is 0.768. The topological polar surface area (TPSA) is 3.24 Å². The predicted octanol–water partition coefficient (Wildman–Crippen LogP) is 20.2. The fourth-order valence-electron chi connectivity index (χ4n) is 12.4. The number of nitrogens with zero attached hydrogens (tertiary/aromatic N) is 1. The highest BCUT2D eigenvalue weighted by Crippen LogP contribution is 2.58. The second-order valence-electron chi connectivity index (χ2n) is 19.9. The van der Waals surface area contributed by atoms with Crippen molar-refractivity contribution in [3.63, 3.8) is 0 Å². The summed E-state index contributed by atoms with van der Waals surface area (Å²) < 4.78 is 0. The molecule has 1 aliphatic carbocycles. The molecule has 0 unspecified atom stereocenters. The Balaban J connectivity index is 1.03. The maximum Gasteiger partial charge on any atom is 0.0714 e. The van der Waals surface area contributed by atoms with Gasteiger partial charge in [-0.05, 0) is 130 Å². The lowest BCUT2D eigenvalue weighted by Gasteiger charge is -2.35. The number of fused-ring (bicyclic) bond motifs is 6. The Morgan fingerprint density at radius 3 is 1.25 bits per heavy atom. The first-order valence-corrected chi connectivity index (χ1v) is 26.3. The van der Waals surface area contributed by atoms with Crippen LogP contribution < -0.4 is 4.90 Å². The average Bonchev–Trinajstić information content (AvgIpc) is 3.89. The van der Waals surface area contributed by atoms with Gasteiger partial charge >= 0.3 is 0 Å². The van der Waals surface area contributed by atoms with E-state index in [9.17, 15) is 0 Å². The Hall–Kier alpha value is -9.82. The second-order valence-corrected chi connectivity index (χ2v) is 19.9. The zero-order chi connectivity index (χ0) is 50.4. The summed E-state index contributed by atoms with van der Waals surface area (Å²) in [5, 5.41) is 4.81. The molecule has 0 radical (unpaired) electrons. The molecule has 0 fully saturated rings. The molecule has 76 heavy (non-hydrogen) atoms. The first kappa shape index (κ1) is 44.8. The predicted molar refractivity (Wildman–Crippen MR) is 321 cm³/mol. The minimum absolute atomic E-state index is 0.580. The van der Waals surface area contributed by atoms with Crippen LogP contribution in [0.3, 0.4) is 0 Å². The van der Waals surface area contributed by atoms with Crippen LogP contribution in [0.25, 0.3) is 88.3 Å². The molecule has 13 aromatic carbocycles. The first-order chi connectivity index (χ1) is 37.7. The van der Waals surface area contributed by atoms with E-state index in [1.807, 2.05) is 0 Å². The zero-order valence-electron chi connectivity index (χ0n) is 41.9. The lowest BCUT2D eigenvalue weighted by atomic mass is 9.67. The van der Waals surface area contributed by atoms with E-state index in [1.165, 1.54) is 99.4 Å². The highest BCUT2D eigenvalue weighted by Gasteiger charge is 2.46. The molecule has 1 aliphatic rings. The molecule has 0 amide bonds. The van der Waals surface area contributed by atoms with E-state index in [-0.39, 0.29) is 0 Å². The van der Waals surface area contributed by atoms with Crippen molar-refractivity contribution < 1.29 is 0 Å². The molecule has 0 saturated heterocycles. The van der Waals surface area contributed by atoms with Gasteiger partial charge in [-0.1, -0.05) is 279 Å². The monoisotopic (exact) mass is 965 g/mol. The molecule has 0 aromatic heterocycles. The average molecular weight is 966 g/mol. The minimum atomic E-state index is -0.580. The summed E-state index contributed by atoms with van der Waals surface area (Å²) in [5.41, 5.74) is 22.1. The van der Waals surface area contributed by atoms with Crippen LogP contribution >= 0.6 is 0 Å². The molecule has 14 rings (SSSR count). The largest absolute Gasteiger partial charge is 0.309 e. The second kappa shape index (κ2) is 18.9. The van der Waals surface area contributed by atoms with Crippen molar-refractivity contribution in [3.8, 4) is 66.8 Å². The smallest absolute Gasteiger partial charge is 0.0714 e. The van der Waals surface area contributed by atoms with Crippen LogP contribution in [0.1, 0.15) is 22.3 Å². The summed E-state index contributed by atoms with van der Waals surface area (Å²) in [6, 6.07) is 114. The minimum Gasteiger partial charge on any atom is -0.309 e. The number of anilines is 3. The first-order valence-electron chi connectivity index (χ1n) is 26.3. The summed E-state index contributed by atoms with van der Waals surface area (Å²) in [6.07, 6.45) is 0. The molecular formula is C75H51N. The maximum absolute atomic E-state index is 2.55. The van der Waals surface area contributed by atoms with Gasteiger partial charge in [0.15, 0.2) is 0 Å². The van der Waals surface area contributed by atoms with E-state index in [1.54, 1.807) is 0 Å². The van der Waals surface area contributed by atoms with Gasteiger partial charge in [0.1, 0.15) is 0 Å². The molecule has 13 aromatic rings. The molecule has 1 heteroatoms. The van der Waals surface area contributed by atoms with Gasteiger partial charge in [-0.3, -0.25) is 0 Å². The van der Waals surface area contributed by atoms with E-state index in [0.29, 0.717) is 0 Å². The number of benzene rings is 13. The molecule has 0 atom stereocenters. The van der Waals surface area contributed by atoms with Crippen LogP contribution in [-0.2, 0) is 5.41 Å². The van der Waals surface area contributed by atoms with Crippen LogP contribution in [0.5, 0.6) is 0 Å². The SMILES string of the molecule is c1ccc(-c2cccc(-c3ccc(-c4c(N(c5ccc(-c6ccccc6-c6ccccc6)cc5)c5ccc6c(c5)C(c5ccccc5)(c5ccccc5)c5ccccc5-6)c5ccccc5c5ccccc45)cc3)c2)cc1. The molecule has 0 heterocycles. The maximum atomic E-state index is 2.55. The van der Waals surface area contributed by atoms with Crippen LogP contribution in [-0.4, -0.2) is 0 Å². The molecule has 0 N–H and O–H groups in total. The summed E-state index contributed by atoms with van der Waals surface area (Å²) >= 11 is 0. The third-order valence-corrected chi connectivity index (χ3v) is 15.8. The van der Waals surface area contributed by atoms with E-state index >= 15 is 0 Å². The fraction of sp³-hybridized carbons (Fsp3) is 0.0133. The summed E-state index contributed by atoms with van der Waals surface area (Å²) in [4.78, 5) is 2.55. The van der Waals surface area contributed by atoms with Gasteiger partial charge in [0.25, 0.3) is 0 Å². The van der Waals surface area contributed by atoms with E-state index in [4.69, 9.17) is 0 Å². The molecule has 0 saturated carbocycles. The van der Waals surface area contributed by atoms with Crippen LogP contribution in [0.4, 0.5) is 17.1 Å². The Morgan fingerprint density at radius 1 is 0.224 bits per heavy atom. The highest BCUT2D eigenvalue weighted by molar-refractivity contribution is 6.22. The van der Waals surface area contributed by atoms with Crippen molar-refractivity contribution >= 4 is 38.6 Å². The summed E-state index contributed by atoms with van der Waals surface area (Å²) in [5.74, 6) is 0. The van der Waals surface area contributed by atoms with Gasteiger partial charge in [0.05, 0.1) is 11.1 Å². The van der Waals surface area contributed by atoms with Gasteiger partial charge in [0.2, 0.25) is 0 Å². The van der Waals surface area contributed by atoms with Crippen molar-refractivity contribution in [1.82, 2.24) is 0 Å². The standard InChI is InChI=1S/C75H51N/c1-5-22-52(23-6-1)57-26-21-27-58(50-57)53-40-42-56(43-41-53)73-69-37-17-15-34-65(69)66-35-16-18-38-70(66)74(73)76(61-46-44-55(45-47-61)64-33-14-13-32-63(64)54-24-7-2-8-25-54)62-48-49-68-67-36-19-20-39-71(67)75(72(68)51-62,59-28-9-3-10-29-59)60-30-11-4-12-31-60/h1-51H. The third kappa shape index (κ3) is 7.47. The summed E-state index contributed by atoms with van der Waals surface area (Å²) in [7, 11) is 0. The van der Waals surface area contributed by atoms with Gasteiger partial charge < -0.3 is 4.90 Å². The van der Waals surface area contributed by atoms with E-state index in [0.717, 1.165) is 28.2 Å². The molecule has 0 bridgehead atoms. The van der Waals surface area contributed by atoms with E-state index < -0.39 is 5.41 Å². The Morgan fingerprint density at radius 2 is 0.632 bits per heavy atom. The Labute approximate surface area is 444 Å². The molecule has 1 nitrogen and oxygen atoms in total. The van der Waals surface area contributed by atoms with Gasteiger partial charge in [-0.25, -0.2) is 0 Å². The van der Waals surface area contributed by atoms with Crippen molar-refractivity contribution in [2.45, 2.75) is 5.41 Å². The molecule has 0 aliphatic heterocycles. The van der Waals surface area contributed by atoms with Crippen LogP contribution in [0.2, 0.25) is 0 Å². The van der Waals surface area contributed by atoms with Crippen molar-refractivity contribution in [2.75, 3.05) is 4.90 Å². The Kier molecular flexibility index (Phi) is 11.2. The van der Waals surface area contributed by atoms with Crippen molar-refractivity contribution in [2.24, 2.45) is 0 Å². The van der Waals surface area contributed by atoms with Gasteiger partial charge in [-0.2, -0.15) is 0 Å².